The predicted octanol–water partition coefficient (Wildman–Crippen LogP) is 6.32. The number of ether oxygens (including phenoxy) is 1. The van der Waals surface area contributed by atoms with Crippen molar-refractivity contribution in [2.24, 2.45) is 11.8 Å². The molecule has 2 aliphatic carbocycles. The van der Waals surface area contributed by atoms with Gasteiger partial charge in [0.05, 0.1) is 24.9 Å². The van der Waals surface area contributed by atoms with Crippen molar-refractivity contribution >= 4 is 22.7 Å². The van der Waals surface area contributed by atoms with Crippen molar-refractivity contribution in [2.75, 3.05) is 27.7 Å². The standard InChI is InChI=1S/C32H38N2O4/c1-33(2)18-28(35)25-13-10-21-17-34-27-15-20(32(36)37)9-12-24(27)30(19-7-5-4-6-8-19)31(34)23-14-11-22(38-3)16-26(23)29(21)25/h9,11-12,14-16,19,21,25,29H,4-8,10,13,17-18H2,1-3H3,(H,36,37)/t21-,25?,29-/m0/s1. The van der Waals surface area contributed by atoms with Crippen molar-refractivity contribution in [3.8, 4) is 17.0 Å². The van der Waals surface area contributed by atoms with E-state index in [1.165, 1.54) is 47.0 Å². The Bertz CT molecular complexity index is 1400. The number of likely N-dealkylation sites (N-methyl/N-ethyl adjacent to an activating group) is 1. The molecular weight excluding hydrogens is 476 g/mol. The van der Waals surface area contributed by atoms with Gasteiger partial charge < -0.3 is 19.3 Å². The molecule has 6 nitrogen and oxygen atoms in total. The highest BCUT2D eigenvalue weighted by atomic mass is 16.5. The lowest BCUT2D eigenvalue weighted by molar-refractivity contribution is -0.123. The summed E-state index contributed by atoms with van der Waals surface area (Å²) in [4.78, 5) is 27.5. The van der Waals surface area contributed by atoms with Gasteiger partial charge in [0.15, 0.2) is 5.78 Å². The Kier molecular flexibility index (Phi) is 6.55. The highest BCUT2D eigenvalue weighted by Gasteiger charge is 2.45. The van der Waals surface area contributed by atoms with Crippen LogP contribution in [0.4, 0.5) is 0 Å². The average Bonchev–Trinajstić information content (AvgIpc) is 3.44. The molecule has 6 rings (SSSR count). The Morgan fingerprint density at radius 1 is 1.03 bits per heavy atom. The van der Waals surface area contributed by atoms with Gasteiger partial charge in [0.25, 0.3) is 0 Å². The number of aromatic nitrogens is 1. The van der Waals surface area contributed by atoms with Crippen LogP contribution in [0, 0.1) is 11.8 Å². The lowest BCUT2D eigenvalue weighted by Gasteiger charge is -2.26. The predicted molar refractivity (Wildman–Crippen MR) is 149 cm³/mol. The highest BCUT2D eigenvalue weighted by Crippen LogP contribution is 2.54. The van der Waals surface area contributed by atoms with E-state index in [-0.39, 0.29) is 11.8 Å². The number of hydrogen-bond donors (Lipinski definition) is 1. The first-order valence-electron chi connectivity index (χ1n) is 14.1. The van der Waals surface area contributed by atoms with Crippen LogP contribution < -0.4 is 4.74 Å². The van der Waals surface area contributed by atoms with Crippen LogP contribution in [0.25, 0.3) is 22.2 Å². The van der Waals surface area contributed by atoms with Gasteiger partial charge in [-0.1, -0.05) is 25.3 Å². The number of Topliss-reactive ketones (excluding diaryl/α,β-unsaturated/α-hetero) is 1. The monoisotopic (exact) mass is 514 g/mol. The van der Waals surface area contributed by atoms with E-state index in [9.17, 15) is 14.7 Å². The maximum absolute atomic E-state index is 13.5. The molecule has 38 heavy (non-hydrogen) atoms. The Hall–Kier alpha value is -3.12. The normalized spacial score (nSPS) is 23.1. The lowest BCUT2D eigenvalue weighted by atomic mass is 9.77. The molecule has 2 heterocycles. The van der Waals surface area contributed by atoms with Crippen molar-refractivity contribution in [3.63, 3.8) is 0 Å². The Balaban J connectivity index is 1.61. The second-order valence-electron chi connectivity index (χ2n) is 11.9. The highest BCUT2D eigenvalue weighted by molar-refractivity contribution is 5.99. The molecule has 2 fully saturated rings. The van der Waals surface area contributed by atoms with E-state index in [2.05, 4.69) is 16.7 Å². The van der Waals surface area contributed by atoms with Crippen LogP contribution in [0.2, 0.25) is 0 Å². The van der Waals surface area contributed by atoms with Crippen LogP contribution in [0.5, 0.6) is 5.75 Å². The molecule has 6 heteroatoms. The molecule has 3 atom stereocenters. The van der Waals surface area contributed by atoms with E-state index in [0.717, 1.165) is 43.5 Å². The van der Waals surface area contributed by atoms with Crippen molar-refractivity contribution in [1.82, 2.24) is 9.47 Å². The number of benzene rings is 2. The summed E-state index contributed by atoms with van der Waals surface area (Å²) >= 11 is 0. The first kappa shape index (κ1) is 25.2. The summed E-state index contributed by atoms with van der Waals surface area (Å²) < 4.78 is 8.12. The zero-order chi connectivity index (χ0) is 26.6. The number of carbonyl (C=O) groups is 2. The molecule has 1 aromatic heterocycles. The average molecular weight is 515 g/mol. The molecule has 1 aliphatic heterocycles. The van der Waals surface area contributed by atoms with Crippen molar-refractivity contribution in [3.05, 3.63) is 53.1 Å². The van der Waals surface area contributed by atoms with Gasteiger partial charge in [0.1, 0.15) is 5.75 Å². The largest absolute Gasteiger partial charge is 0.497 e. The van der Waals surface area contributed by atoms with Gasteiger partial charge in [-0.25, -0.2) is 4.79 Å². The molecule has 3 aliphatic rings. The number of carboxylic acids is 1. The summed E-state index contributed by atoms with van der Waals surface area (Å²) in [6.07, 6.45) is 7.94. The van der Waals surface area contributed by atoms with Crippen molar-refractivity contribution in [1.29, 1.82) is 0 Å². The van der Waals surface area contributed by atoms with Gasteiger partial charge in [-0.2, -0.15) is 0 Å². The summed E-state index contributed by atoms with van der Waals surface area (Å²) in [6, 6.07) is 12.1. The SMILES string of the molecule is COc1ccc2c(c1)[C@@H]1C(C(=O)CN(C)C)CC[C@H]1Cn1c-2c(C2CCCCC2)c2ccc(C(=O)O)cc21. The summed E-state index contributed by atoms with van der Waals surface area (Å²) in [5.74, 6) is 1.12. The van der Waals surface area contributed by atoms with Crippen LogP contribution in [-0.4, -0.2) is 54.1 Å². The number of methoxy groups -OCH3 is 1. The maximum Gasteiger partial charge on any atom is 0.335 e. The van der Waals surface area contributed by atoms with E-state index in [4.69, 9.17) is 4.74 Å². The zero-order valence-electron chi connectivity index (χ0n) is 22.7. The minimum atomic E-state index is -0.895. The molecule has 0 radical (unpaired) electrons. The Labute approximate surface area is 224 Å². The lowest BCUT2D eigenvalue weighted by Crippen LogP contribution is -2.30. The van der Waals surface area contributed by atoms with Crippen LogP contribution in [0.3, 0.4) is 0 Å². The first-order chi connectivity index (χ1) is 18.4. The Morgan fingerprint density at radius 2 is 1.82 bits per heavy atom. The molecule has 0 saturated heterocycles. The summed E-state index contributed by atoms with van der Waals surface area (Å²) in [5.41, 5.74) is 6.37. The third kappa shape index (κ3) is 4.14. The fourth-order valence-electron chi connectivity index (χ4n) is 7.73. The molecular formula is C32H38N2O4. The van der Waals surface area contributed by atoms with E-state index < -0.39 is 5.97 Å². The van der Waals surface area contributed by atoms with Crippen molar-refractivity contribution in [2.45, 2.75) is 63.3 Å². The van der Waals surface area contributed by atoms with E-state index in [0.29, 0.717) is 29.7 Å². The number of rotatable bonds is 6. The summed E-state index contributed by atoms with van der Waals surface area (Å²) in [6.45, 7) is 1.26. The van der Waals surface area contributed by atoms with Crippen LogP contribution in [-0.2, 0) is 11.3 Å². The Morgan fingerprint density at radius 3 is 2.53 bits per heavy atom. The minimum absolute atomic E-state index is 0.0168. The summed E-state index contributed by atoms with van der Waals surface area (Å²) in [5, 5.41) is 11.0. The maximum atomic E-state index is 13.5. The molecule has 2 saturated carbocycles. The number of ketones is 1. The van der Waals surface area contributed by atoms with Crippen molar-refractivity contribution < 1.29 is 19.4 Å². The molecule has 0 bridgehead atoms. The van der Waals surface area contributed by atoms with Gasteiger partial charge >= 0.3 is 5.97 Å². The number of carboxylic acid groups (broad SMARTS) is 1. The van der Waals surface area contributed by atoms with Gasteiger partial charge in [-0.3, -0.25) is 4.79 Å². The number of fused-ring (bicyclic) bond motifs is 7. The topological polar surface area (TPSA) is 71.8 Å². The van der Waals surface area contributed by atoms with E-state index in [1.807, 2.05) is 37.2 Å². The molecule has 200 valence electrons. The minimum Gasteiger partial charge on any atom is -0.497 e. The number of nitrogens with zero attached hydrogens (tertiary/aromatic N) is 2. The molecule has 1 N–H and O–H groups in total. The van der Waals surface area contributed by atoms with Crippen LogP contribution in [0.15, 0.2) is 36.4 Å². The fourth-order valence-corrected chi connectivity index (χ4v) is 7.73. The second-order valence-corrected chi connectivity index (χ2v) is 11.9. The van der Waals surface area contributed by atoms with Crippen LogP contribution >= 0.6 is 0 Å². The number of hydrogen-bond acceptors (Lipinski definition) is 4. The molecule has 2 aromatic carbocycles. The summed E-state index contributed by atoms with van der Waals surface area (Å²) in [7, 11) is 5.63. The third-order valence-electron chi connectivity index (χ3n) is 9.33. The molecule has 0 amide bonds. The second kappa shape index (κ2) is 9.88. The van der Waals surface area contributed by atoms with Crippen LogP contribution in [0.1, 0.15) is 78.3 Å². The van der Waals surface area contributed by atoms with Gasteiger partial charge in [0.2, 0.25) is 0 Å². The first-order valence-corrected chi connectivity index (χ1v) is 14.1. The number of aromatic carboxylic acids is 1. The van der Waals surface area contributed by atoms with Gasteiger partial charge in [-0.05, 0) is 99.0 Å². The number of carbonyl (C=O) groups excluding carboxylic acids is 1. The van der Waals surface area contributed by atoms with Gasteiger partial charge in [0, 0.05) is 28.9 Å². The third-order valence-corrected chi connectivity index (χ3v) is 9.33. The molecule has 3 aromatic rings. The zero-order valence-corrected chi connectivity index (χ0v) is 22.7. The van der Waals surface area contributed by atoms with E-state index >= 15 is 0 Å². The fraction of sp³-hybridized carbons (Fsp3) is 0.500. The van der Waals surface area contributed by atoms with E-state index in [1.54, 1.807) is 13.2 Å². The molecule has 0 spiro atoms. The smallest absolute Gasteiger partial charge is 0.335 e. The van der Waals surface area contributed by atoms with Gasteiger partial charge in [-0.15, -0.1) is 0 Å². The molecule has 1 unspecified atom stereocenters. The quantitative estimate of drug-likeness (QED) is 0.417.